The molecular weight excluding hydrogens is 504 g/mol. The summed E-state index contributed by atoms with van der Waals surface area (Å²) in [6, 6.07) is 9.65. The van der Waals surface area contributed by atoms with E-state index >= 15 is 0 Å². The summed E-state index contributed by atoms with van der Waals surface area (Å²) in [5.41, 5.74) is 6.87. The molecule has 0 atom stereocenters. The molecule has 7 rings (SSSR count). The van der Waals surface area contributed by atoms with E-state index in [4.69, 9.17) is 4.98 Å². The van der Waals surface area contributed by atoms with Gasteiger partial charge in [0.05, 0.1) is 28.5 Å². The fraction of sp³-hybridized carbons (Fsp3) is 0.207. The first kappa shape index (κ1) is 24.0. The molecule has 198 valence electrons. The molecule has 0 aromatic carbocycles. The normalized spacial score (nSPS) is 14.1. The lowest BCUT2D eigenvalue weighted by atomic mass is 9.94. The Morgan fingerprint density at radius 3 is 2.67 bits per heavy atom. The summed E-state index contributed by atoms with van der Waals surface area (Å²) < 4.78 is 0. The van der Waals surface area contributed by atoms with E-state index in [0.29, 0.717) is 35.2 Å². The van der Waals surface area contributed by atoms with Crippen LogP contribution in [0.4, 0.5) is 5.69 Å². The van der Waals surface area contributed by atoms with E-state index in [2.05, 4.69) is 45.8 Å². The zero-order valence-corrected chi connectivity index (χ0v) is 21.6. The molecule has 4 N–H and O–H groups in total. The van der Waals surface area contributed by atoms with Crippen LogP contribution < -0.4 is 10.6 Å². The number of carbonyl (C=O) groups is 1. The van der Waals surface area contributed by atoms with Gasteiger partial charge in [-0.25, -0.2) is 9.97 Å². The van der Waals surface area contributed by atoms with Gasteiger partial charge in [-0.1, -0.05) is 0 Å². The number of amides is 1. The van der Waals surface area contributed by atoms with E-state index in [1.807, 2.05) is 30.3 Å². The highest BCUT2D eigenvalue weighted by molar-refractivity contribution is 5.96. The largest absolute Gasteiger partial charge is 0.336 e. The molecule has 7 heterocycles. The third-order valence-corrected chi connectivity index (χ3v) is 7.26. The van der Waals surface area contributed by atoms with Crippen LogP contribution in [-0.2, 0) is 4.79 Å². The molecule has 6 aromatic heterocycles. The maximum absolute atomic E-state index is 12.7. The molecule has 11 heteroatoms. The number of hydrogen-bond donors (Lipinski definition) is 4. The van der Waals surface area contributed by atoms with E-state index in [1.54, 1.807) is 37.2 Å². The van der Waals surface area contributed by atoms with Crippen LogP contribution >= 0.6 is 0 Å². The number of piperidine rings is 1. The number of aromatic amines is 2. The average Bonchev–Trinajstić information content (AvgIpc) is 3.62. The van der Waals surface area contributed by atoms with Crippen LogP contribution in [0.25, 0.3) is 56.0 Å². The van der Waals surface area contributed by atoms with Crippen LogP contribution in [0.2, 0.25) is 0 Å². The van der Waals surface area contributed by atoms with Crippen LogP contribution in [0.5, 0.6) is 0 Å². The number of nitrogens with one attached hydrogen (secondary N) is 4. The molecule has 1 saturated heterocycles. The molecule has 0 radical (unpaired) electrons. The highest BCUT2D eigenvalue weighted by Crippen LogP contribution is 2.32. The second-order valence-electron chi connectivity index (χ2n) is 9.98. The molecule has 1 aliphatic rings. The van der Waals surface area contributed by atoms with Gasteiger partial charge in [0.1, 0.15) is 11.2 Å². The lowest BCUT2D eigenvalue weighted by Crippen LogP contribution is -2.30. The molecule has 0 saturated carbocycles. The predicted octanol–water partition coefficient (Wildman–Crippen LogP) is 4.35. The van der Waals surface area contributed by atoms with Crippen molar-refractivity contribution in [2.24, 2.45) is 5.92 Å². The van der Waals surface area contributed by atoms with Gasteiger partial charge in [-0.05, 0) is 62.2 Å². The number of rotatable bonds is 6. The minimum absolute atomic E-state index is 0.0153. The van der Waals surface area contributed by atoms with Crippen molar-refractivity contribution >= 4 is 33.7 Å². The Kier molecular flexibility index (Phi) is 6.17. The molecule has 1 fully saturated rings. The molecule has 1 aliphatic heterocycles. The first-order chi connectivity index (χ1) is 19.7. The van der Waals surface area contributed by atoms with E-state index in [1.165, 1.54) is 0 Å². The number of nitrogens with zero attached hydrogens (tertiary/aromatic N) is 6. The van der Waals surface area contributed by atoms with Gasteiger partial charge in [0.2, 0.25) is 5.91 Å². The van der Waals surface area contributed by atoms with Gasteiger partial charge in [0.25, 0.3) is 0 Å². The molecule has 0 aliphatic carbocycles. The number of imidazole rings is 1. The molecule has 1 amide bonds. The van der Waals surface area contributed by atoms with Crippen molar-refractivity contribution in [3.05, 3.63) is 67.5 Å². The maximum atomic E-state index is 12.7. The number of hydrogen-bond acceptors (Lipinski definition) is 8. The summed E-state index contributed by atoms with van der Waals surface area (Å²) in [7, 11) is 0. The van der Waals surface area contributed by atoms with Crippen molar-refractivity contribution in [2.75, 3.05) is 18.4 Å². The zero-order chi connectivity index (χ0) is 26.9. The van der Waals surface area contributed by atoms with Crippen molar-refractivity contribution in [3.8, 4) is 33.9 Å². The highest BCUT2D eigenvalue weighted by Gasteiger charge is 2.19. The predicted molar refractivity (Wildman–Crippen MR) is 152 cm³/mol. The molecular formula is C29H26N10O. The van der Waals surface area contributed by atoms with Gasteiger partial charge >= 0.3 is 0 Å². The quantitative estimate of drug-likeness (QED) is 0.248. The van der Waals surface area contributed by atoms with Crippen LogP contribution in [0.1, 0.15) is 19.3 Å². The lowest BCUT2D eigenvalue weighted by molar-refractivity contribution is -0.117. The fourth-order valence-corrected chi connectivity index (χ4v) is 5.23. The first-order valence-corrected chi connectivity index (χ1v) is 13.3. The molecule has 6 aromatic rings. The van der Waals surface area contributed by atoms with Crippen molar-refractivity contribution in [1.82, 2.24) is 45.4 Å². The standard InChI is InChI=1S/C29H26N10O/c40-24(10-17-3-7-30-8-4-17)35-21-11-19(14-32-16-21)20-12-22-26(38-39-28(22)34-15-20)29-36-23-5-9-33-25(27(23)37-29)18-2-1-6-31-13-18/h1-2,5-6,9,11-17,30H,3-4,7-8,10H2,(H,35,40)(H,36,37)(H,34,38,39). The summed E-state index contributed by atoms with van der Waals surface area (Å²) in [5.74, 6) is 1.04. The Bertz CT molecular complexity index is 1820. The summed E-state index contributed by atoms with van der Waals surface area (Å²) in [6.07, 6.45) is 13.0. The third-order valence-electron chi connectivity index (χ3n) is 7.26. The van der Waals surface area contributed by atoms with Crippen LogP contribution in [0.15, 0.2) is 67.5 Å². The average molecular weight is 531 g/mol. The van der Waals surface area contributed by atoms with E-state index in [9.17, 15) is 4.79 Å². The Morgan fingerprint density at radius 2 is 1.80 bits per heavy atom. The SMILES string of the molecule is O=C(CC1CCNCC1)Nc1cncc(-c2cnc3[nH]nc(-c4nc5c(-c6cccnc6)nccc5[nH]4)c3c2)c1. The zero-order valence-electron chi connectivity index (χ0n) is 21.6. The van der Waals surface area contributed by atoms with Gasteiger partial charge in [-0.3, -0.25) is 24.8 Å². The molecule has 0 spiro atoms. The number of aromatic nitrogens is 8. The molecule has 11 nitrogen and oxygen atoms in total. The number of pyridine rings is 4. The molecule has 40 heavy (non-hydrogen) atoms. The number of carbonyl (C=O) groups excluding carboxylic acids is 1. The van der Waals surface area contributed by atoms with Gasteiger partial charge in [-0.15, -0.1) is 0 Å². The second-order valence-corrected chi connectivity index (χ2v) is 9.98. The lowest BCUT2D eigenvalue weighted by Gasteiger charge is -2.21. The van der Waals surface area contributed by atoms with Crippen molar-refractivity contribution in [1.29, 1.82) is 0 Å². The highest BCUT2D eigenvalue weighted by atomic mass is 16.1. The minimum atomic E-state index is 0.0153. The Labute approximate surface area is 228 Å². The van der Waals surface area contributed by atoms with Crippen molar-refractivity contribution in [3.63, 3.8) is 0 Å². The topological polar surface area (TPSA) is 150 Å². The number of anilines is 1. The van der Waals surface area contributed by atoms with Gasteiger partial charge in [0.15, 0.2) is 11.5 Å². The molecule has 0 unspecified atom stereocenters. The number of fused-ring (bicyclic) bond motifs is 2. The maximum Gasteiger partial charge on any atom is 0.224 e. The number of H-pyrrole nitrogens is 2. The van der Waals surface area contributed by atoms with E-state index in [0.717, 1.165) is 64.7 Å². The summed E-state index contributed by atoms with van der Waals surface area (Å²) in [4.78, 5) is 38.6. The van der Waals surface area contributed by atoms with Gasteiger partial charge in [0, 0.05) is 54.1 Å². The van der Waals surface area contributed by atoms with E-state index in [-0.39, 0.29) is 5.91 Å². The van der Waals surface area contributed by atoms with E-state index < -0.39 is 0 Å². The fourth-order valence-electron chi connectivity index (χ4n) is 5.23. The summed E-state index contributed by atoms with van der Waals surface area (Å²) >= 11 is 0. The Morgan fingerprint density at radius 1 is 0.925 bits per heavy atom. The van der Waals surface area contributed by atoms with Crippen molar-refractivity contribution < 1.29 is 4.79 Å². The molecule has 0 bridgehead atoms. The minimum Gasteiger partial charge on any atom is -0.336 e. The summed E-state index contributed by atoms with van der Waals surface area (Å²) in [5, 5.41) is 14.7. The second kappa shape index (κ2) is 10.3. The van der Waals surface area contributed by atoms with Gasteiger partial charge in [-0.2, -0.15) is 5.10 Å². The van der Waals surface area contributed by atoms with Crippen LogP contribution in [0.3, 0.4) is 0 Å². The Balaban J connectivity index is 1.19. The van der Waals surface area contributed by atoms with Gasteiger partial charge < -0.3 is 15.6 Å². The van der Waals surface area contributed by atoms with Crippen LogP contribution in [0, 0.1) is 5.92 Å². The smallest absolute Gasteiger partial charge is 0.224 e. The van der Waals surface area contributed by atoms with Crippen LogP contribution in [-0.4, -0.2) is 59.1 Å². The third kappa shape index (κ3) is 4.67. The van der Waals surface area contributed by atoms with Crippen molar-refractivity contribution in [2.45, 2.75) is 19.3 Å². The monoisotopic (exact) mass is 530 g/mol. The summed E-state index contributed by atoms with van der Waals surface area (Å²) in [6.45, 7) is 1.94. The first-order valence-electron chi connectivity index (χ1n) is 13.3. The Hall–Kier alpha value is -5.03.